The summed E-state index contributed by atoms with van der Waals surface area (Å²) in [4.78, 5) is 15.0. The first-order valence-electron chi connectivity index (χ1n) is 11.2. The van der Waals surface area contributed by atoms with Gasteiger partial charge in [-0.15, -0.1) is 0 Å². The zero-order chi connectivity index (χ0) is 23.1. The van der Waals surface area contributed by atoms with Gasteiger partial charge in [0.25, 0.3) is 5.91 Å². The lowest BCUT2D eigenvalue weighted by atomic mass is 9.91. The van der Waals surface area contributed by atoms with Gasteiger partial charge >= 0.3 is 0 Å². The molecule has 5 rings (SSSR count). The Hall–Kier alpha value is -3.73. The van der Waals surface area contributed by atoms with Crippen molar-refractivity contribution in [2.75, 3.05) is 6.79 Å². The maximum atomic E-state index is 13.3. The summed E-state index contributed by atoms with van der Waals surface area (Å²) in [5.41, 5.74) is 5.71. The zero-order valence-electron chi connectivity index (χ0n) is 19.0. The van der Waals surface area contributed by atoms with E-state index in [4.69, 9.17) is 9.47 Å². The fourth-order valence-electron chi connectivity index (χ4n) is 4.49. The Balaban J connectivity index is 1.57. The summed E-state index contributed by atoms with van der Waals surface area (Å²) < 4.78 is 10.9. The van der Waals surface area contributed by atoms with Crippen LogP contribution in [-0.2, 0) is 11.3 Å². The van der Waals surface area contributed by atoms with Crippen molar-refractivity contribution < 1.29 is 19.4 Å². The second-order valence-corrected chi connectivity index (χ2v) is 8.97. The molecule has 5 heteroatoms. The summed E-state index contributed by atoms with van der Waals surface area (Å²) in [6.45, 7) is 6.87. The van der Waals surface area contributed by atoms with E-state index in [0.29, 0.717) is 29.5 Å². The largest absolute Gasteiger partial charge is 0.503 e. The van der Waals surface area contributed by atoms with Gasteiger partial charge < -0.3 is 19.5 Å². The second-order valence-electron chi connectivity index (χ2n) is 8.97. The molecule has 0 aliphatic carbocycles. The summed E-state index contributed by atoms with van der Waals surface area (Å²) in [6.07, 6.45) is 0. The lowest BCUT2D eigenvalue weighted by molar-refractivity contribution is -0.130. The molecule has 33 heavy (non-hydrogen) atoms. The fraction of sp³-hybridized carbons (Fsp3) is 0.250. The molecule has 0 saturated heterocycles. The Morgan fingerprint density at radius 3 is 2.36 bits per heavy atom. The van der Waals surface area contributed by atoms with Gasteiger partial charge in [-0.25, -0.2) is 0 Å². The summed E-state index contributed by atoms with van der Waals surface area (Å²) in [5.74, 6) is 1.22. The molecule has 3 aromatic rings. The highest BCUT2D eigenvalue weighted by Gasteiger charge is 2.41. The van der Waals surface area contributed by atoms with Crippen LogP contribution in [0.4, 0.5) is 0 Å². The molecule has 0 spiro atoms. The van der Waals surface area contributed by atoms with E-state index in [1.165, 1.54) is 5.56 Å². The highest BCUT2D eigenvalue weighted by Crippen LogP contribution is 2.44. The molecule has 1 atom stereocenters. The van der Waals surface area contributed by atoms with Gasteiger partial charge in [-0.1, -0.05) is 74.0 Å². The van der Waals surface area contributed by atoms with E-state index in [-0.39, 0.29) is 18.5 Å². The fourth-order valence-corrected chi connectivity index (χ4v) is 4.49. The average molecular weight is 442 g/mol. The highest BCUT2D eigenvalue weighted by molar-refractivity contribution is 6.05. The molecular formula is C28H27NO4. The van der Waals surface area contributed by atoms with Crippen LogP contribution in [0.15, 0.2) is 72.5 Å². The van der Waals surface area contributed by atoms with Crippen molar-refractivity contribution in [1.82, 2.24) is 4.90 Å². The van der Waals surface area contributed by atoms with Crippen molar-refractivity contribution in [2.45, 2.75) is 39.3 Å². The van der Waals surface area contributed by atoms with E-state index in [1.807, 2.05) is 49.4 Å². The Labute approximate surface area is 193 Å². The molecule has 1 amide bonds. The van der Waals surface area contributed by atoms with Crippen LogP contribution >= 0.6 is 0 Å². The minimum atomic E-state index is -0.396. The third kappa shape index (κ3) is 3.84. The van der Waals surface area contributed by atoms with E-state index in [2.05, 4.69) is 38.1 Å². The predicted molar refractivity (Wildman–Crippen MR) is 127 cm³/mol. The van der Waals surface area contributed by atoms with Crippen molar-refractivity contribution in [2.24, 2.45) is 0 Å². The maximum Gasteiger partial charge on any atom is 0.290 e. The lowest BCUT2D eigenvalue weighted by Crippen LogP contribution is -2.29. The minimum absolute atomic E-state index is 0.197. The number of aliphatic hydroxyl groups excluding tert-OH is 1. The van der Waals surface area contributed by atoms with Crippen LogP contribution in [0.2, 0.25) is 0 Å². The van der Waals surface area contributed by atoms with Crippen molar-refractivity contribution in [3.8, 4) is 11.5 Å². The Morgan fingerprint density at radius 1 is 0.970 bits per heavy atom. The molecule has 2 heterocycles. The number of aliphatic hydroxyl groups is 1. The normalized spacial score (nSPS) is 17.4. The van der Waals surface area contributed by atoms with Gasteiger partial charge in [0.05, 0.1) is 6.04 Å². The zero-order valence-corrected chi connectivity index (χ0v) is 19.0. The number of ether oxygens (including phenoxy) is 2. The van der Waals surface area contributed by atoms with E-state index >= 15 is 0 Å². The molecule has 5 nitrogen and oxygen atoms in total. The molecule has 2 aliphatic heterocycles. The molecule has 3 aromatic carbocycles. The van der Waals surface area contributed by atoms with E-state index in [9.17, 15) is 9.90 Å². The van der Waals surface area contributed by atoms with Gasteiger partial charge in [0.15, 0.2) is 17.3 Å². The number of fused-ring (bicyclic) bond motifs is 1. The Bertz CT molecular complexity index is 1230. The van der Waals surface area contributed by atoms with Gasteiger partial charge in [0.1, 0.15) is 0 Å². The average Bonchev–Trinajstić information content (AvgIpc) is 3.38. The summed E-state index contributed by atoms with van der Waals surface area (Å²) >= 11 is 0. The summed E-state index contributed by atoms with van der Waals surface area (Å²) in [7, 11) is 0. The molecule has 0 fully saturated rings. The van der Waals surface area contributed by atoms with Crippen LogP contribution in [0, 0.1) is 6.92 Å². The number of carbonyl (C=O) groups excluding carboxylic acids is 1. The monoisotopic (exact) mass is 441 g/mol. The number of aryl methyl sites for hydroxylation is 1. The van der Waals surface area contributed by atoms with Crippen LogP contribution in [-0.4, -0.2) is 22.7 Å². The van der Waals surface area contributed by atoms with Crippen LogP contribution in [0.3, 0.4) is 0 Å². The predicted octanol–water partition coefficient (Wildman–Crippen LogP) is 5.90. The summed E-state index contributed by atoms with van der Waals surface area (Å²) in [5, 5.41) is 11.0. The van der Waals surface area contributed by atoms with E-state index in [1.54, 1.807) is 4.90 Å². The van der Waals surface area contributed by atoms with Crippen molar-refractivity contribution in [3.63, 3.8) is 0 Å². The molecule has 1 unspecified atom stereocenters. The van der Waals surface area contributed by atoms with Gasteiger partial charge in [0.2, 0.25) is 6.79 Å². The SMILES string of the molecule is Cc1ccc(C2=C(O)C(=O)N(Cc3ccc4c(c3)OCO4)C2c2ccc(C(C)C)cc2)cc1. The van der Waals surface area contributed by atoms with Crippen molar-refractivity contribution in [3.05, 3.63) is 100 Å². The third-order valence-corrected chi connectivity index (χ3v) is 6.38. The molecule has 0 aromatic heterocycles. The van der Waals surface area contributed by atoms with Crippen LogP contribution in [0.5, 0.6) is 11.5 Å². The van der Waals surface area contributed by atoms with Gasteiger partial charge in [-0.2, -0.15) is 0 Å². The van der Waals surface area contributed by atoms with Crippen LogP contribution < -0.4 is 9.47 Å². The number of hydrogen-bond acceptors (Lipinski definition) is 4. The Morgan fingerprint density at radius 2 is 1.67 bits per heavy atom. The first kappa shape index (κ1) is 21.1. The molecule has 168 valence electrons. The van der Waals surface area contributed by atoms with Crippen molar-refractivity contribution in [1.29, 1.82) is 0 Å². The first-order valence-corrected chi connectivity index (χ1v) is 11.2. The molecule has 0 saturated carbocycles. The van der Waals surface area contributed by atoms with Gasteiger partial charge in [-0.05, 0) is 47.2 Å². The lowest BCUT2D eigenvalue weighted by Gasteiger charge is -2.28. The van der Waals surface area contributed by atoms with Gasteiger partial charge in [-0.3, -0.25) is 4.79 Å². The topological polar surface area (TPSA) is 59.0 Å². The van der Waals surface area contributed by atoms with E-state index < -0.39 is 6.04 Å². The number of amides is 1. The number of carbonyl (C=O) groups is 1. The minimum Gasteiger partial charge on any atom is -0.503 e. The first-order chi connectivity index (χ1) is 15.9. The number of rotatable bonds is 5. The van der Waals surface area contributed by atoms with Gasteiger partial charge in [0, 0.05) is 12.1 Å². The molecule has 1 N–H and O–H groups in total. The van der Waals surface area contributed by atoms with Crippen molar-refractivity contribution >= 4 is 11.5 Å². The van der Waals surface area contributed by atoms with Crippen LogP contribution in [0.25, 0.3) is 5.57 Å². The standard InChI is InChI=1S/C28H27NO4/c1-17(2)20-9-11-22(12-10-20)26-25(21-7-4-18(3)5-8-21)27(30)28(31)29(26)15-19-6-13-23-24(14-19)33-16-32-23/h4-14,17,26,30H,15-16H2,1-3H3. The Kier molecular flexibility index (Phi) is 5.33. The van der Waals surface area contributed by atoms with Crippen LogP contribution in [0.1, 0.15) is 53.6 Å². The maximum absolute atomic E-state index is 13.3. The molecular weight excluding hydrogens is 414 g/mol. The smallest absolute Gasteiger partial charge is 0.290 e. The number of benzene rings is 3. The third-order valence-electron chi connectivity index (χ3n) is 6.38. The summed E-state index contributed by atoms with van der Waals surface area (Å²) in [6, 6.07) is 21.6. The van der Waals surface area contributed by atoms with E-state index in [0.717, 1.165) is 22.3 Å². The number of nitrogens with zero attached hydrogens (tertiary/aromatic N) is 1. The highest BCUT2D eigenvalue weighted by atomic mass is 16.7. The molecule has 2 aliphatic rings. The quantitative estimate of drug-likeness (QED) is 0.536. The second kappa shape index (κ2) is 8.32. The molecule has 0 bridgehead atoms. The molecule has 0 radical (unpaired) electrons. The number of hydrogen-bond donors (Lipinski definition) is 1.